The number of aromatic nitrogens is 2. The Hall–Kier alpha value is -2.83. The third-order valence-corrected chi connectivity index (χ3v) is 10.2. The second kappa shape index (κ2) is 14.1. The number of halogens is 1. The van der Waals surface area contributed by atoms with Crippen molar-refractivity contribution >= 4 is 33.1 Å². The van der Waals surface area contributed by atoms with Gasteiger partial charge in [0.05, 0.1) is 23.7 Å². The standard InChI is InChI=1S/C32H48FN7O3S/c1-5-38(23(2)3)32(41)28-19-25(33)10-13-29(28)40-18-17-39(31-30(40)20-34-22-35-31)27-7-6-15-37(16-14-27)21-24-8-11-26(12-9-24)36-44(4,42)43/h10,13,19-20,22-24,26-27,36H,5-9,11-12,14-18,21H2,1-4H3. The van der Waals surface area contributed by atoms with Gasteiger partial charge in [-0.3, -0.25) is 4.79 Å². The van der Waals surface area contributed by atoms with Gasteiger partial charge in [-0.2, -0.15) is 0 Å². The Morgan fingerprint density at radius 1 is 1.07 bits per heavy atom. The Morgan fingerprint density at radius 3 is 2.55 bits per heavy atom. The molecule has 3 aliphatic rings. The second-order valence-corrected chi connectivity index (χ2v) is 14.7. The molecule has 44 heavy (non-hydrogen) atoms. The van der Waals surface area contributed by atoms with Gasteiger partial charge in [0.1, 0.15) is 17.8 Å². The molecule has 1 unspecified atom stereocenters. The quantitative estimate of drug-likeness (QED) is 0.436. The Balaban J connectivity index is 1.27. The minimum Gasteiger partial charge on any atom is -0.350 e. The highest BCUT2D eigenvalue weighted by atomic mass is 32.2. The first kappa shape index (κ1) is 32.6. The lowest BCUT2D eigenvalue weighted by molar-refractivity contribution is 0.0717. The molecule has 0 spiro atoms. The average Bonchev–Trinajstić information content (AvgIpc) is 3.22. The third kappa shape index (κ3) is 7.69. The Bertz CT molecular complexity index is 1400. The number of sulfonamides is 1. The molecule has 1 aliphatic carbocycles. The van der Waals surface area contributed by atoms with Gasteiger partial charge >= 0.3 is 0 Å². The molecule has 0 radical (unpaired) electrons. The number of nitrogens with zero attached hydrogens (tertiary/aromatic N) is 6. The van der Waals surface area contributed by atoms with E-state index in [4.69, 9.17) is 4.98 Å². The van der Waals surface area contributed by atoms with Gasteiger partial charge in [-0.05, 0) is 96.4 Å². The molecule has 1 aromatic carbocycles. The van der Waals surface area contributed by atoms with Gasteiger partial charge in [-0.1, -0.05) is 0 Å². The predicted molar refractivity (Wildman–Crippen MR) is 172 cm³/mol. The number of carbonyl (C=O) groups is 1. The highest BCUT2D eigenvalue weighted by molar-refractivity contribution is 7.88. The highest BCUT2D eigenvalue weighted by Crippen LogP contribution is 2.40. The molecule has 1 saturated carbocycles. The summed E-state index contributed by atoms with van der Waals surface area (Å²) in [7, 11) is -3.16. The van der Waals surface area contributed by atoms with Crippen molar-refractivity contribution in [2.75, 3.05) is 55.3 Å². The summed E-state index contributed by atoms with van der Waals surface area (Å²) >= 11 is 0. The molecule has 0 bridgehead atoms. The van der Waals surface area contributed by atoms with E-state index in [0.717, 1.165) is 82.6 Å². The van der Waals surface area contributed by atoms with Crippen LogP contribution in [-0.4, -0.2) is 97.7 Å². The molecule has 1 amide bonds. The van der Waals surface area contributed by atoms with Crippen LogP contribution in [0.5, 0.6) is 0 Å². The monoisotopic (exact) mass is 629 g/mol. The maximum absolute atomic E-state index is 14.5. The van der Waals surface area contributed by atoms with Crippen LogP contribution >= 0.6 is 0 Å². The van der Waals surface area contributed by atoms with Crippen LogP contribution in [0.25, 0.3) is 0 Å². The molecular weight excluding hydrogens is 581 g/mol. The minimum absolute atomic E-state index is 0.00204. The van der Waals surface area contributed by atoms with Crippen molar-refractivity contribution in [1.82, 2.24) is 24.5 Å². The van der Waals surface area contributed by atoms with Crippen LogP contribution in [0.3, 0.4) is 0 Å². The lowest BCUT2D eigenvalue weighted by Gasteiger charge is -2.42. The first-order valence-corrected chi connectivity index (χ1v) is 18.1. The van der Waals surface area contributed by atoms with Crippen LogP contribution in [0.1, 0.15) is 76.1 Å². The number of likely N-dealkylation sites (tertiary alicyclic amines) is 1. The van der Waals surface area contributed by atoms with E-state index in [1.165, 1.54) is 18.4 Å². The fourth-order valence-corrected chi connectivity index (χ4v) is 8.18. The first-order valence-electron chi connectivity index (χ1n) is 16.2. The fraction of sp³-hybridized carbons (Fsp3) is 0.656. The van der Waals surface area contributed by atoms with E-state index < -0.39 is 15.8 Å². The average molecular weight is 630 g/mol. The van der Waals surface area contributed by atoms with Gasteiger partial charge in [0.25, 0.3) is 5.91 Å². The molecule has 1 atom stereocenters. The summed E-state index contributed by atoms with van der Waals surface area (Å²) in [6.07, 6.45) is 11.8. The van der Waals surface area contributed by atoms with E-state index in [1.54, 1.807) is 17.3 Å². The summed E-state index contributed by atoms with van der Waals surface area (Å²) in [6.45, 7) is 11.0. The Labute approximate surface area is 262 Å². The van der Waals surface area contributed by atoms with Crippen molar-refractivity contribution in [2.45, 2.75) is 83.8 Å². The minimum atomic E-state index is -3.16. The van der Waals surface area contributed by atoms with Crippen LogP contribution in [0, 0.1) is 11.7 Å². The Morgan fingerprint density at radius 2 is 1.84 bits per heavy atom. The van der Waals surface area contributed by atoms with E-state index in [9.17, 15) is 17.6 Å². The number of fused-ring (bicyclic) bond motifs is 1. The van der Waals surface area contributed by atoms with Crippen LogP contribution in [0.2, 0.25) is 0 Å². The number of anilines is 3. The predicted octanol–water partition coefficient (Wildman–Crippen LogP) is 4.41. The largest absolute Gasteiger partial charge is 0.350 e. The lowest BCUT2D eigenvalue weighted by Crippen LogP contribution is -2.46. The number of benzene rings is 1. The lowest BCUT2D eigenvalue weighted by atomic mass is 9.86. The normalized spacial score (nSPS) is 23.4. The molecule has 3 heterocycles. The zero-order chi connectivity index (χ0) is 31.4. The number of carbonyl (C=O) groups excluding carboxylic acids is 1. The topological polar surface area (TPSA) is 102 Å². The molecule has 2 aromatic rings. The first-order chi connectivity index (χ1) is 21.0. The maximum atomic E-state index is 14.5. The van der Waals surface area contributed by atoms with Crippen LogP contribution in [0.15, 0.2) is 30.7 Å². The molecule has 2 aliphatic heterocycles. The molecule has 12 heteroatoms. The van der Waals surface area contributed by atoms with Gasteiger partial charge < -0.3 is 19.6 Å². The van der Waals surface area contributed by atoms with Crippen LogP contribution in [-0.2, 0) is 10.0 Å². The summed E-state index contributed by atoms with van der Waals surface area (Å²) in [4.78, 5) is 31.5. The summed E-state index contributed by atoms with van der Waals surface area (Å²) in [5, 5.41) is 0. The van der Waals surface area contributed by atoms with Gasteiger partial charge in [0.15, 0.2) is 5.82 Å². The summed E-state index contributed by atoms with van der Waals surface area (Å²) in [5.74, 6) is 0.858. The summed E-state index contributed by atoms with van der Waals surface area (Å²) in [6, 6.07) is 4.89. The van der Waals surface area contributed by atoms with E-state index in [0.29, 0.717) is 36.3 Å². The fourth-order valence-electron chi connectivity index (χ4n) is 7.34. The van der Waals surface area contributed by atoms with E-state index >= 15 is 0 Å². The summed E-state index contributed by atoms with van der Waals surface area (Å²) in [5.41, 5.74) is 1.88. The van der Waals surface area contributed by atoms with Crippen molar-refractivity contribution in [3.63, 3.8) is 0 Å². The van der Waals surface area contributed by atoms with Crippen LogP contribution in [0.4, 0.5) is 21.6 Å². The van der Waals surface area contributed by atoms with E-state index in [2.05, 4.69) is 24.4 Å². The molecular formula is C32H48FN7O3S. The molecule has 2 fully saturated rings. The third-order valence-electron chi connectivity index (χ3n) is 9.48. The summed E-state index contributed by atoms with van der Waals surface area (Å²) < 4.78 is 40.5. The number of hydrogen-bond acceptors (Lipinski definition) is 8. The van der Waals surface area contributed by atoms with E-state index in [-0.39, 0.29) is 18.0 Å². The van der Waals surface area contributed by atoms with Gasteiger partial charge in [0, 0.05) is 50.8 Å². The number of hydrogen-bond donors (Lipinski definition) is 1. The van der Waals surface area contributed by atoms with Crippen molar-refractivity contribution in [3.05, 3.63) is 42.1 Å². The molecule has 5 rings (SSSR count). The van der Waals surface area contributed by atoms with E-state index in [1.807, 2.05) is 27.0 Å². The molecule has 1 saturated heterocycles. The molecule has 242 valence electrons. The second-order valence-electron chi connectivity index (χ2n) is 12.9. The van der Waals surface area contributed by atoms with Crippen LogP contribution < -0.4 is 14.5 Å². The molecule has 10 nitrogen and oxygen atoms in total. The van der Waals surface area contributed by atoms with Crippen molar-refractivity contribution < 1.29 is 17.6 Å². The van der Waals surface area contributed by atoms with Crippen molar-refractivity contribution in [3.8, 4) is 0 Å². The Kier molecular flexibility index (Phi) is 10.4. The van der Waals surface area contributed by atoms with Gasteiger partial charge in [-0.25, -0.2) is 27.5 Å². The van der Waals surface area contributed by atoms with Gasteiger partial charge in [0.2, 0.25) is 10.0 Å². The highest BCUT2D eigenvalue weighted by Gasteiger charge is 2.34. The smallest absolute Gasteiger partial charge is 0.256 e. The maximum Gasteiger partial charge on any atom is 0.256 e. The van der Waals surface area contributed by atoms with Gasteiger partial charge in [-0.15, -0.1) is 0 Å². The number of rotatable bonds is 9. The number of nitrogens with one attached hydrogen (secondary N) is 1. The molecule has 1 N–H and O–H groups in total. The van der Waals surface area contributed by atoms with Crippen molar-refractivity contribution in [2.24, 2.45) is 5.92 Å². The molecule has 1 aromatic heterocycles. The number of amides is 1. The zero-order valence-corrected chi connectivity index (χ0v) is 27.4. The SMILES string of the molecule is CCN(C(=O)c1cc(F)ccc1N1CCN(C2CCCN(CC3CCC(NS(C)(=O)=O)CC3)CC2)c2ncncc21)C(C)C. The van der Waals surface area contributed by atoms with Crippen molar-refractivity contribution in [1.29, 1.82) is 0 Å². The zero-order valence-electron chi connectivity index (χ0n) is 26.6.